The molecule has 0 aliphatic carbocycles. The average molecular weight is 309 g/mol. The summed E-state index contributed by atoms with van der Waals surface area (Å²) in [6.45, 7) is 8.86. The largest absolute Gasteiger partial charge is 0.351 e. The molecule has 1 heterocycles. The summed E-state index contributed by atoms with van der Waals surface area (Å²) in [5.74, 6) is -0.0139. The van der Waals surface area contributed by atoms with Gasteiger partial charge >= 0.3 is 0 Å². The Kier molecular flexibility index (Phi) is 6.44. The lowest BCUT2D eigenvalue weighted by atomic mass is 10.2. The van der Waals surface area contributed by atoms with Gasteiger partial charge < -0.3 is 5.32 Å². The minimum Gasteiger partial charge on any atom is -0.351 e. The van der Waals surface area contributed by atoms with Gasteiger partial charge in [-0.15, -0.1) is 0 Å². The van der Waals surface area contributed by atoms with Crippen LogP contribution in [0, 0.1) is 30.1 Å². The molecule has 5 nitrogen and oxygen atoms in total. The first-order chi connectivity index (χ1) is 9.85. The van der Waals surface area contributed by atoms with E-state index in [0.29, 0.717) is 17.6 Å². The molecule has 1 atom stereocenters. The monoisotopic (exact) mass is 308 g/mol. The fourth-order valence-electron chi connectivity index (χ4n) is 1.74. The first-order valence-corrected chi connectivity index (χ1v) is 7.31. The second-order valence-electron chi connectivity index (χ2n) is 5.47. The van der Waals surface area contributed by atoms with E-state index in [4.69, 9.17) is 16.9 Å². The number of carbonyl (C=O) groups excluding carboxylic acids is 1. The zero-order valence-electron chi connectivity index (χ0n) is 12.9. The van der Waals surface area contributed by atoms with Crippen molar-refractivity contribution in [2.24, 2.45) is 11.8 Å². The molecule has 0 aliphatic rings. The van der Waals surface area contributed by atoms with Crippen LogP contribution in [0.25, 0.3) is 6.08 Å². The Morgan fingerprint density at radius 3 is 2.76 bits per heavy atom. The summed E-state index contributed by atoms with van der Waals surface area (Å²) in [7, 11) is 0. The van der Waals surface area contributed by atoms with Crippen molar-refractivity contribution in [1.29, 1.82) is 5.26 Å². The van der Waals surface area contributed by atoms with Crippen LogP contribution in [0.2, 0.25) is 5.15 Å². The summed E-state index contributed by atoms with van der Waals surface area (Å²) in [5.41, 5.74) is 1.54. The van der Waals surface area contributed by atoms with Gasteiger partial charge in [-0.05, 0) is 25.8 Å². The highest BCUT2D eigenvalue weighted by Gasteiger charge is 2.12. The van der Waals surface area contributed by atoms with Gasteiger partial charge in [-0.1, -0.05) is 25.4 Å². The normalized spacial score (nSPS) is 12.6. The van der Waals surface area contributed by atoms with Crippen molar-refractivity contribution in [2.45, 2.75) is 34.2 Å². The molecule has 6 heteroatoms. The van der Waals surface area contributed by atoms with E-state index in [1.165, 1.54) is 6.08 Å². The zero-order chi connectivity index (χ0) is 16.0. The SMILES string of the molecule is Cc1nn(CC(C)C)c(Cl)c1C=CC(=O)NCC(C)C#N. The van der Waals surface area contributed by atoms with E-state index >= 15 is 0 Å². The van der Waals surface area contributed by atoms with Gasteiger partial charge in [0.25, 0.3) is 0 Å². The summed E-state index contributed by atoms with van der Waals surface area (Å²) in [4.78, 5) is 11.7. The molecule has 1 aromatic rings. The number of aromatic nitrogens is 2. The first kappa shape index (κ1) is 17.3. The van der Waals surface area contributed by atoms with Crippen LogP contribution in [0.3, 0.4) is 0 Å². The van der Waals surface area contributed by atoms with Gasteiger partial charge in [0.2, 0.25) is 5.91 Å². The van der Waals surface area contributed by atoms with Crippen molar-refractivity contribution in [3.05, 3.63) is 22.5 Å². The van der Waals surface area contributed by atoms with Gasteiger partial charge in [-0.3, -0.25) is 9.48 Å². The number of carbonyl (C=O) groups is 1. The Balaban J connectivity index is 2.74. The minimum atomic E-state index is -0.246. The summed E-state index contributed by atoms with van der Waals surface area (Å²) in [6, 6.07) is 2.06. The van der Waals surface area contributed by atoms with Crippen LogP contribution in [-0.4, -0.2) is 22.2 Å². The summed E-state index contributed by atoms with van der Waals surface area (Å²) in [6.07, 6.45) is 3.08. The predicted octanol–water partition coefficient (Wildman–Crippen LogP) is 2.79. The maximum Gasteiger partial charge on any atom is 0.244 e. The molecule has 0 radical (unpaired) electrons. The molecular weight excluding hydrogens is 288 g/mol. The third-order valence-corrected chi connectivity index (χ3v) is 3.25. The van der Waals surface area contributed by atoms with Crippen LogP contribution in [0.15, 0.2) is 6.08 Å². The van der Waals surface area contributed by atoms with E-state index < -0.39 is 0 Å². The van der Waals surface area contributed by atoms with Crippen molar-refractivity contribution in [2.75, 3.05) is 6.54 Å². The quantitative estimate of drug-likeness (QED) is 0.821. The highest BCUT2D eigenvalue weighted by molar-refractivity contribution is 6.31. The third kappa shape index (κ3) is 5.24. The minimum absolute atomic E-state index is 0.207. The van der Waals surface area contributed by atoms with Crippen LogP contribution < -0.4 is 5.32 Å². The van der Waals surface area contributed by atoms with Crippen LogP contribution in [0.1, 0.15) is 32.0 Å². The van der Waals surface area contributed by atoms with E-state index in [1.54, 1.807) is 17.7 Å². The first-order valence-electron chi connectivity index (χ1n) is 6.93. The molecule has 0 bridgehead atoms. The molecule has 1 unspecified atom stereocenters. The summed E-state index contributed by atoms with van der Waals surface area (Å²) < 4.78 is 1.75. The highest BCUT2D eigenvalue weighted by atomic mass is 35.5. The smallest absolute Gasteiger partial charge is 0.244 e. The van der Waals surface area contributed by atoms with Gasteiger partial charge in [-0.2, -0.15) is 10.4 Å². The molecule has 0 aliphatic heterocycles. The maximum atomic E-state index is 11.7. The van der Waals surface area contributed by atoms with Crippen molar-refractivity contribution in [1.82, 2.24) is 15.1 Å². The Hall–Kier alpha value is -1.80. The van der Waals surface area contributed by atoms with Crippen molar-refractivity contribution < 1.29 is 4.79 Å². The molecule has 1 aromatic heterocycles. The summed E-state index contributed by atoms with van der Waals surface area (Å²) >= 11 is 6.28. The van der Waals surface area contributed by atoms with Gasteiger partial charge in [-0.25, -0.2) is 0 Å². The fourth-order valence-corrected chi connectivity index (χ4v) is 2.05. The van der Waals surface area contributed by atoms with Crippen LogP contribution in [0.4, 0.5) is 0 Å². The lowest BCUT2D eigenvalue weighted by molar-refractivity contribution is -0.116. The molecule has 0 saturated heterocycles. The second kappa shape index (κ2) is 7.84. The molecule has 1 N–H and O–H groups in total. The number of aryl methyl sites for hydroxylation is 1. The van der Waals surface area contributed by atoms with Crippen molar-refractivity contribution in [3.8, 4) is 6.07 Å². The fraction of sp³-hybridized carbons (Fsp3) is 0.533. The number of nitrogens with zero attached hydrogens (tertiary/aromatic N) is 3. The Bertz CT molecular complexity index is 569. The standard InChI is InChI=1S/C15H21ClN4O/c1-10(2)9-20-15(16)13(12(4)19-20)5-6-14(21)18-8-11(3)7-17/h5-6,10-11H,8-9H2,1-4H3,(H,18,21). The number of nitriles is 1. The van der Waals surface area contributed by atoms with Gasteiger partial charge in [0.15, 0.2) is 0 Å². The second-order valence-corrected chi connectivity index (χ2v) is 5.83. The Morgan fingerprint density at radius 1 is 1.52 bits per heavy atom. The van der Waals surface area contributed by atoms with E-state index in [9.17, 15) is 4.79 Å². The number of halogens is 1. The molecule has 0 saturated carbocycles. The van der Waals surface area contributed by atoms with Crippen LogP contribution in [0.5, 0.6) is 0 Å². The molecule has 1 rings (SSSR count). The molecule has 0 spiro atoms. The molecule has 21 heavy (non-hydrogen) atoms. The topological polar surface area (TPSA) is 70.7 Å². The van der Waals surface area contributed by atoms with Crippen molar-refractivity contribution in [3.63, 3.8) is 0 Å². The zero-order valence-corrected chi connectivity index (χ0v) is 13.6. The van der Waals surface area contributed by atoms with E-state index in [-0.39, 0.29) is 11.8 Å². The number of hydrogen-bond acceptors (Lipinski definition) is 3. The lowest BCUT2D eigenvalue weighted by Crippen LogP contribution is -2.25. The molecular formula is C15H21ClN4O. The number of hydrogen-bond donors (Lipinski definition) is 1. The highest BCUT2D eigenvalue weighted by Crippen LogP contribution is 2.22. The molecule has 114 valence electrons. The van der Waals surface area contributed by atoms with Gasteiger partial charge in [0.1, 0.15) is 5.15 Å². The van der Waals surface area contributed by atoms with E-state index in [2.05, 4.69) is 30.3 Å². The number of amides is 1. The van der Waals surface area contributed by atoms with Crippen molar-refractivity contribution >= 4 is 23.6 Å². The molecule has 0 aromatic carbocycles. The number of nitrogens with one attached hydrogen (secondary N) is 1. The van der Waals surface area contributed by atoms with Crippen LogP contribution in [-0.2, 0) is 11.3 Å². The maximum absolute atomic E-state index is 11.7. The van der Waals surface area contributed by atoms with Gasteiger partial charge in [0, 0.05) is 24.7 Å². The molecule has 1 amide bonds. The van der Waals surface area contributed by atoms with E-state index in [0.717, 1.165) is 17.8 Å². The molecule has 0 fully saturated rings. The number of rotatable bonds is 6. The Morgan fingerprint density at radius 2 is 2.19 bits per heavy atom. The third-order valence-electron chi connectivity index (χ3n) is 2.85. The Labute approximate surface area is 130 Å². The lowest BCUT2D eigenvalue weighted by Gasteiger charge is -2.05. The van der Waals surface area contributed by atoms with Gasteiger partial charge in [0.05, 0.1) is 17.7 Å². The van der Waals surface area contributed by atoms with E-state index in [1.807, 2.05) is 6.92 Å². The average Bonchev–Trinajstić information content (AvgIpc) is 2.68. The van der Waals surface area contributed by atoms with Crippen LogP contribution >= 0.6 is 11.6 Å². The summed E-state index contributed by atoms with van der Waals surface area (Å²) in [5, 5.41) is 16.2. The predicted molar refractivity (Wildman–Crippen MR) is 83.6 cm³/mol.